The van der Waals surface area contributed by atoms with Crippen molar-refractivity contribution in [2.45, 2.75) is 0 Å². The summed E-state index contributed by atoms with van der Waals surface area (Å²) in [7, 11) is 0. The molecule has 0 radical (unpaired) electrons. The lowest BCUT2D eigenvalue weighted by Gasteiger charge is -2.02. The fraction of sp³-hybridized carbons (Fsp3) is 0.222. The number of nitrogens with zero attached hydrogens (tertiary/aromatic N) is 1. The van der Waals surface area contributed by atoms with Gasteiger partial charge in [0.25, 0.3) is 11.8 Å². The third-order valence-electron chi connectivity index (χ3n) is 1.66. The van der Waals surface area contributed by atoms with Gasteiger partial charge < -0.3 is 11.1 Å². The fourth-order valence-electron chi connectivity index (χ4n) is 0.937. The van der Waals surface area contributed by atoms with Crippen LogP contribution in [0.3, 0.4) is 0 Å². The van der Waals surface area contributed by atoms with Crippen molar-refractivity contribution in [3.8, 4) is 0 Å². The molecule has 0 aromatic carbocycles. The van der Waals surface area contributed by atoms with Gasteiger partial charge in [0.2, 0.25) is 0 Å². The van der Waals surface area contributed by atoms with Crippen LogP contribution in [0, 0.1) is 0 Å². The highest BCUT2D eigenvalue weighted by Crippen LogP contribution is 1.99. The number of primary amides is 1. The van der Waals surface area contributed by atoms with E-state index in [0.717, 1.165) is 0 Å². The average Bonchev–Trinajstić information content (AvgIpc) is 2.26. The molecule has 0 saturated carbocycles. The summed E-state index contributed by atoms with van der Waals surface area (Å²) in [6.45, 7) is 0.387. The van der Waals surface area contributed by atoms with Gasteiger partial charge >= 0.3 is 0 Å². The van der Waals surface area contributed by atoms with Crippen LogP contribution in [0.4, 0.5) is 0 Å². The van der Waals surface area contributed by atoms with Crippen LogP contribution in [0.5, 0.6) is 0 Å². The van der Waals surface area contributed by atoms with Crippen LogP contribution in [-0.4, -0.2) is 29.2 Å². The van der Waals surface area contributed by atoms with Crippen molar-refractivity contribution in [2.24, 2.45) is 5.73 Å². The van der Waals surface area contributed by atoms with E-state index in [1.165, 1.54) is 18.3 Å². The molecule has 0 spiro atoms. The van der Waals surface area contributed by atoms with Crippen molar-refractivity contribution in [1.82, 2.24) is 10.3 Å². The van der Waals surface area contributed by atoms with Crippen LogP contribution < -0.4 is 11.1 Å². The van der Waals surface area contributed by atoms with Crippen LogP contribution in [0.1, 0.15) is 20.8 Å². The molecule has 0 aliphatic carbocycles. The monoisotopic (exact) mass is 227 g/mol. The molecule has 2 amide bonds. The number of halogens is 1. The Balaban J connectivity index is 2.71. The molecular weight excluding hydrogens is 218 g/mol. The second-order valence-corrected chi connectivity index (χ2v) is 3.12. The van der Waals surface area contributed by atoms with Gasteiger partial charge in [0.05, 0.1) is 5.56 Å². The Morgan fingerprint density at radius 3 is 2.67 bits per heavy atom. The lowest BCUT2D eigenvalue weighted by molar-refractivity contribution is 0.0951. The molecule has 1 aromatic heterocycles. The van der Waals surface area contributed by atoms with E-state index in [4.69, 9.17) is 17.3 Å². The first-order chi connectivity index (χ1) is 7.15. The summed E-state index contributed by atoms with van der Waals surface area (Å²) in [5.74, 6) is -0.555. The number of hydrogen-bond donors (Lipinski definition) is 2. The molecule has 0 fully saturated rings. The maximum atomic E-state index is 11.4. The Morgan fingerprint density at radius 1 is 1.47 bits per heavy atom. The van der Waals surface area contributed by atoms with Crippen molar-refractivity contribution in [2.75, 3.05) is 12.4 Å². The third-order valence-corrected chi connectivity index (χ3v) is 1.85. The summed E-state index contributed by atoms with van der Waals surface area (Å²) in [5.41, 5.74) is 5.50. The number of carbonyl (C=O) groups is 2. The second-order valence-electron chi connectivity index (χ2n) is 2.74. The molecule has 0 bridgehead atoms. The maximum Gasteiger partial charge on any atom is 0.267 e. The summed E-state index contributed by atoms with van der Waals surface area (Å²) in [5, 5.41) is 2.57. The fourth-order valence-corrected chi connectivity index (χ4v) is 1.03. The topological polar surface area (TPSA) is 85.1 Å². The number of nitrogens with one attached hydrogen (secondary N) is 1. The van der Waals surface area contributed by atoms with E-state index in [1.807, 2.05) is 0 Å². The first-order valence-corrected chi connectivity index (χ1v) is 4.78. The number of alkyl halides is 1. The SMILES string of the molecule is NC(=O)c1ccc(C(=O)NCCCl)cn1. The zero-order chi connectivity index (χ0) is 11.3. The van der Waals surface area contributed by atoms with Crippen LogP contribution in [0.25, 0.3) is 0 Å². The number of rotatable bonds is 4. The quantitative estimate of drug-likeness (QED) is 0.718. The Labute approximate surface area is 91.6 Å². The first kappa shape index (κ1) is 11.5. The lowest BCUT2D eigenvalue weighted by atomic mass is 10.2. The highest BCUT2D eigenvalue weighted by molar-refractivity contribution is 6.18. The van der Waals surface area contributed by atoms with Crippen LogP contribution in [0.15, 0.2) is 18.3 Å². The van der Waals surface area contributed by atoms with Crippen LogP contribution >= 0.6 is 11.6 Å². The van der Waals surface area contributed by atoms with Crippen molar-refractivity contribution in [3.63, 3.8) is 0 Å². The van der Waals surface area contributed by atoms with E-state index in [1.54, 1.807) is 0 Å². The number of pyridine rings is 1. The molecule has 1 rings (SSSR count). The van der Waals surface area contributed by atoms with Gasteiger partial charge in [-0.25, -0.2) is 0 Å². The third kappa shape index (κ3) is 3.21. The van der Waals surface area contributed by atoms with Crippen molar-refractivity contribution in [3.05, 3.63) is 29.6 Å². The van der Waals surface area contributed by atoms with E-state index in [2.05, 4.69) is 10.3 Å². The second kappa shape index (κ2) is 5.31. The Morgan fingerprint density at radius 2 is 2.20 bits per heavy atom. The predicted octanol–water partition coefficient (Wildman–Crippen LogP) is 0.149. The van der Waals surface area contributed by atoms with Gasteiger partial charge in [-0.05, 0) is 12.1 Å². The van der Waals surface area contributed by atoms with Gasteiger partial charge in [0, 0.05) is 18.6 Å². The normalized spacial score (nSPS) is 9.67. The number of nitrogens with two attached hydrogens (primary N) is 1. The summed E-state index contributed by atoms with van der Waals surface area (Å²) in [6, 6.07) is 2.88. The van der Waals surface area contributed by atoms with E-state index in [0.29, 0.717) is 18.0 Å². The molecule has 1 aromatic rings. The van der Waals surface area contributed by atoms with Gasteiger partial charge in [-0.15, -0.1) is 11.6 Å². The minimum atomic E-state index is -0.622. The van der Waals surface area contributed by atoms with Gasteiger partial charge in [0.1, 0.15) is 5.69 Å². The van der Waals surface area contributed by atoms with Gasteiger partial charge in [0.15, 0.2) is 0 Å². The van der Waals surface area contributed by atoms with Gasteiger partial charge in [-0.3, -0.25) is 14.6 Å². The van der Waals surface area contributed by atoms with Crippen LogP contribution in [0.2, 0.25) is 0 Å². The minimum absolute atomic E-state index is 0.129. The standard InChI is InChI=1S/C9H10ClN3O2/c10-3-4-12-9(15)6-1-2-7(8(11)14)13-5-6/h1-2,5H,3-4H2,(H2,11,14)(H,12,15). The molecule has 80 valence electrons. The minimum Gasteiger partial charge on any atom is -0.364 e. The van der Waals surface area contributed by atoms with Gasteiger partial charge in [-0.1, -0.05) is 0 Å². The molecule has 3 N–H and O–H groups in total. The number of carbonyl (C=O) groups excluding carboxylic acids is 2. The molecule has 1 heterocycles. The smallest absolute Gasteiger partial charge is 0.267 e. The largest absolute Gasteiger partial charge is 0.364 e. The van der Waals surface area contributed by atoms with E-state index < -0.39 is 5.91 Å². The molecule has 0 saturated heterocycles. The maximum absolute atomic E-state index is 11.4. The summed E-state index contributed by atoms with van der Waals surface area (Å²) in [6.07, 6.45) is 1.30. The zero-order valence-electron chi connectivity index (χ0n) is 7.87. The summed E-state index contributed by atoms with van der Waals surface area (Å²) < 4.78 is 0. The highest BCUT2D eigenvalue weighted by atomic mass is 35.5. The molecule has 0 aliphatic heterocycles. The van der Waals surface area contributed by atoms with E-state index in [-0.39, 0.29) is 11.6 Å². The highest BCUT2D eigenvalue weighted by Gasteiger charge is 2.06. The lowest BCUT2D eigenvalue weighted by Crippen LogP contribution is -2.25. The van der Waals surface area contributed by atoms with Crippen molar-refractivity contribution in [1.29, 1.82) is 0 Å². The Bertz CT molecular complexity index is 364. The number of hydrogen-bond acceptors (Lipinski definition) is 3. The van der Waals surface area contributed by atoms with Crippen LogP contribution in [-0.2, 0) is 0 Å². The van der Waals surface area contributed by atoms with Crippen molar-refractivity contribution < 1.29 is 9.59 Å². The van der Waals surface area contributed by atoms with E-state index in [9.17, 15) is 9.59 Å². The number of amides is 2. The Kier molecular flexibility index (Phi) is 4.05. The average molecular weight is 228 g/mol. The van der Waals surface area contributed by atoms with E-state index >= 15 is 0 Å². The zero-order valence-corrected chi connectivity index (χ0v) is 8.62. The summed E-state index contributed by atoms with van der Waals surface area (Å²) >= 11 is 5.41. The molecule has 0 aliphatic rings. The molecule has 6 heteroatoms. The molecular formula is C9H10ClN3O2. The molecule has 5 nitrogen and oxygen atoms in total. The predicted molar refractivity (Wildman–Crippen MR) is 55.8 cm³/mol. The number of aromatic nitrogens is 1. The van der Waals surface area contributed by atoms with Gasteiger partial charge in [-0.2, -0.15) is 0 Å². The summed E-state index contributed by atoms with van der Waals surface area (Å²) in [4.78, 5) is 25.8. The molecule has 0 unspecified atom stereocenters. The van der Waals surface area contributed by atoms with Crippen molar-refractivity contribution >= 4 is 23.4 Å². The Hall–Kier alpha value is -1.62. The molecule has 15 heavy (non-hydrogen) atoms. The first-order valence-electron chi connectivity index (χ1n) is 4.25. The molecule has 0 atom stereocenters.